The largest absolute Gasteiger partial charge is 0.383 e. The summed E-state index contributed by atoms with van der Waals surface area (Å²) in [6, 6.07) is 27.0. The van der Waals surface area contributed by atoms with Crippen LogP contribution < -0.4 is 5.73 Å². The van der Waals surface area contributed by atoms with Gasteiger partial charge in [-0.25, -0.2) is 4.99 Å². The summed E-state index contributed by atoms with van der Waals surface area (Å²) in [5, 5.41) is 0. The van der Waals surface area contributed by atoms with Gasteiger partial charge in [-0.05, 0) is 45.5 Å². The van der Waals surface area contributed by atoms with Crippen molar-refractivity contribution in [3.8, 4) is 22.3 Å². The SMILES string of the molecule is CN=C(N=C(N)c1ccc(-c2ccncc2)cc1)c1cccc2c1C(C)(C)c1ccccc1-2. The van der Waals surface area contributed by atoms with E-state index in [9.17, 15) is 0 Å². The van der Waals surface area contributed by atoms with Gasteiger partial charge in [-0.1, -0.05) is 80.6 Å². The Bertz CT molecular complexity index is 1380. The smallest absolute Gasteiger partial charge is 0.157 e. The number of nitrogens with zero attached hydrogens (tertiary/aromatic N) is 3. The van der Waals surface area contributed by atoms with Gasteiger partial charge in [0, 0.05) is 36.0 Å². The number of fused-ring (bicyclic) bond motifs is 3. The molecule has 3 aromatic carbocycles. The van der Waals surface area contributed by atoms with Crippen LogP contribution in [0.25, 0.3) is 22.3 Å². The van der Waals surface area contributed by atoms with Gasteiger partial charge in [0.2, 0.25) is 0 Å². The van der Waals surface area contributed by atoms with Crippen LogP contribution in [0, 0.1) is 0 Å². The number of nitrogens with two attached hydrogens (primary N) is 1. The molecule has 1 aromatic heterocycles. The first kappa shape index (κ1) is 20.8. The van der Waals surface area contributed by atoms with Gasteiger partial charge in [0.15, 0.2) is 5.84 Å². The number of aliphatic imine (C=N–C) groups is 2. The standard InChI is InChI=1S/C29H26N4/c1-29(2)25-10-5-4-7-22(25)23-8-6-9-24(26(23)29)28(31-3)33-27(30)21-13-11-19(12-14-21)20-15-17-32-18-16-20/h4-18H,1-3H3,(H2,30,31,33). The fourth-order valence-electron chi connectivity index (χ4n) is 4.82. The average molecular weight is 431 g/mol. The Labute approximate surface area is 194 Å². The first-order chi connectivity index (χ1) is 16.0. The van der Waals surface area contributed by atoms with E-state index in [0.717, 1.165) is 22.3 Å². The second-order valence-electron chi connectivity index (χ2n) is 8.76. The lowest BCUT2D eigenvalue weighted by Gasteiger charge is -2.24. The van der Waals surface area contributed by atoms with Crippen molar-refractivity contribution >= 4 is 11.7 Å². The summed E-state index contributed by atoms with van der Waals surface area (Å²) in [6.07, 6.45) is 3.59. The van der Waals surface area contributed by atoms with E-state index < -0.39 is 0 Å². The van der Waals surface area contributed by atoms with E-state index in [2.05, 4.69) is 78.4 Å². The number of benzene rings is 3. The minimum Gasteiger partial charge on any atom is -0.383 e. The molecule has 0 fully saturated rings. The summed E-state index contributed by atoms with van der Waals surface area (Å²) in [6.45, 7) is 4.53. The summed E-state index contributed by atoms with van der Waals surface area (Å²) in [5.74, 6) is 1.09. The Hall–Kier alpha value is -4.05. The van der Waals surface area contributed by atoms with Crippen LogP contribution in [0.3, 0.4) is 0 Å². The molecule has 4 nitrogen and oxygen atoms in total. The van der Waals surface area contributed by atoms with Gasteiger partial charge in [0.25, 0.3) is 0 Å². The normalized spacial score (nSPS) is 14.6. The third kappa shape index (κ3) is 3.54. The molecule has 0 atom stereocenters. The van der Waals surface area contributed by atoms with Crippen LogP contribution in [0.5, 0.6) is 0 Å². The van der Waals surface area contributed by atoms with Crippen molar-refractivity contribution in [3.63, 3.8) is 0 Å². The molecule has 162 valence electrons. The number of amidine groups is 2. The second-order valence-corrected chi connectivity index (χ2v) is 8.76. The lowest BCUT2D eigenvalue weighted by atomic mass is 9.80. The minimum absolute atomic E-state index is 0.144. The fourth-order valence-corrected chi connectivity index (χ4v) is 4.82. The van der Waals surface area contributed by atoms with Crippen LogP contribution in [0.4, 0.5) is 0 Å². The first-order valence-corrected chi connectivity index (χ1v) is 11.1. The average Bonchev–Trinajstić information content (AvgIpc) is 3.10. The van der Waals surface area contributed by atoms with E-state index in [1.807, 2.05) is 24.3 Å². The zero-order valence-electron chi connectivity index (χ0n) is 19.1. The summed E-state index contributed by atoms with van der Waals surface area (Å²) < 4.78 is 0. The fraction of sp³-hybridized carbons (Fsp3) is 0.138. The van der Waals surface area contributed by atoms with Gasteiger partial charge in [0.05, 0.1) is 0 Å². The van der Waals surface area contributed by atoms with Crippen molar-refractivity contribution in [3.05, 3.63) is 114 Å². The maximum Gasteiger partial charge on any atom is 0.157 e. The Morgan fingerprint density at radius 3 is 2.18 bits per heavy atom. The lowest BCUT2D eigenvalue weighted by Crippen LogP contribution is -2.21. The molecule has 0 bridgehead atoms. The van der Waals surface area contributed by atoms with Crippen LogP contribution >= 0.6 is 0 Å². The van der Waals surface area contributed by atoms with Crippen LogP contribution in [-0.4, -0.2) is 23.7 Å². The number of aromatic nitrogens is 1. The number of hydrogen-bond donors (Lipinski definition) is 1. The van der Waals surface area contributed by atoms with E-state index >= 15 is 0 Å². The van der Waals surface area contributed by atoms with Crippen molar-refractivity contribution in [2.24, 2.45) is 15.7 Å². The Morgan fingerprint density at radius 2 is 1.45 bits per heavy atom. The molecule has 4 aromatic rings. The maximum atomic E-state index is 6.45. The van der Waals surface area contributed by atoms with E-state index in [4.69, 9.17) is 10.7 Å². The van der Waals surface area contributed by atoms with E-state index in [-0.39, 0.29) is 5.41 Å². The molecule has 1 heterocycles. The monoisotopic (exact) mass is 430 g/mol. The second kappa shape index (κ2) is 8.14. The zero-order valence-corrected chi connectivity index (χ0v) is 19.1. The quantitative estimate of drug-likeness (QED) is 0.328. The Morgan fingerprint density at radius 1 is 0.788 bits per heavy atom. The van der Waals surface area contributed by atoms with Gasteiger partial charge in [-0.2, -0.15) is 0 Å². The number of rotatable bonds is 3. The molecule has 0 saturated heterocycles. The van der Waals surface area contributed by atoms with E-state index in [0.29, 0.717) is 11.7 Å². The van der Waals surface area contributed by atoms with Gasteiger partial charge in [-0.3, -0.25) is 9.98 Å². The van der Waals surface area contributed by atoms with E-state index in [1.165, 1.54) is 22.3 Å². The van der Waals surface area contributed by atoms with Crippen LogP contribution in [0.2, 0.25) is 0 Å². The molecule has 33 heavy (non-hydrogen) atoms. The van der Waals surface area contributed by atoms with Gasteiger partial charge in [-0.15, -0.1) is 0 Å². The molecule has 2 N–H and O–H groups in total. The Balaban J connectivity index is 1.53. The molecule has 0 aliphatic heterocycles. The third-order valence-corrected chi connectivity index (χ3v) is 6.45. The maximum absolute atomic E-state index is 6.45. The molecular weight excluding hydrogens is 404 g/mol. The molecule has 4 heteroatoms. The Kier molecular flexibility index (Phi) is 5.14. The molecule has 0 saturated carbocycles. The molecule has 0 radical (unpaired) electrons. The highest BCUT2D eigenvalue weighted by Gasteiger charge is 2.37. The predicted molar refractivity (Wildman–Crippen MR) is 137 cm³/mol. The third-order valence-electron chi connectivity index (χ3n) is 6.45. The van der Waals surface area contributed by atoms with Crippen molar-refractivity contribution in [2.45, 2.75) is 19.3 Å². The van der Waals surface area contributed by atoms with E-state index in [1.54, 1.807) is 19.4 Å². The predicted octanol–water partition coefficient (Wildman–Crippen LogP) is 5.84. The van der Waals surface area contributed by atoms with Crippen LogP contribution in [0.15, 0.2) is 101 Å². The summed E-state index contributed by atoms with van der Waals surface area (Å²) in [4.78, 5) is 13.4. The van der Waals surface area contributed by atoms with Gasteiger partial charge < -0.3 is 5.73 Å². The molecule has 1 aliphatic rings. The summed E-state index contributed by atoms with van der Waals surface area (Å²) in [5.41, 5.74) is 15.5. The highest BCUT2D eigenvalue weighted by Crippen LogP contribution is 2.49. The molecule has 5 rings (SSSR count). The van der Waals surface area contributed by atoms with Crippen molar-refractivity contribution < 1.29 is 0 Å². The van der Waals surface area contributed by atoms with Crippen molar-refractivity contribution in [1.29, 1.82) is 0 Å². The lowest BCUT2D eigenvalue weighted by molar-refractivity contribution is 0.659. The molecule has 0 spiro atoms. The van der Waals surface area contributed by atoms with Gasteiger partial charge >= 0.3 is 0 Å². The van der Waals surface area contributed by atoms with Crippen molar-refractivity contribution in [1.82, 2.24) is 4.98 Å². The van der Waals surface area contributed by atoms with Crippen molar-refractivity contribution in [2.75, 3.05) is 7.05 Å². The first-order valence-electron chi connectivity index (χ1n) is 11.1. The molecule has 0 amide bonds. The van der Waals surface area contributed by atoms with Crippen LogP contribution in [-0.2, 0) is 5.41 Å². The number of pyridine rings is 1. The summed E-state index contributed by atoms with van der Waals surface area (Å²) >= 11 is 0. The molecule has 0 unspecified atom stereocenters. The topological polar surface area (TPSA) is 63.6 Å². The number of hydrogen-bond acceptors (Lipinski definition) is 2. The zero-order chi connectivity index (χ0) is 23.0. The van der Waals surface area contributed by atoms with Gasteiger partial charge in [0.1, 0.15) is 5.84 Å². The molecular formula is C29H26N4. The highest BCUT2D eigenvalue weighted by molar-refractivity contribution is 6.12. The minimum atomic E-state index is -0.144. The van der Waals surface area contributed by atoms with Crippen LogP contribution in [0.1, 0.15) is 36.1 Å². The highest BCUT2D eigenvalue weighted by atomic mass is 15.0. The molecule has 1 aliphatic carbocycles. The summed E-state index contributed by atoms with van der Waals surface area (Å²) in [7, 11) is 1.77.